The van der Waals surface area contributed by atoms with E-state index in [-0.39, 0.29) is 22.8 Å². The van der Waals surface area contributed by atoms with Crippen molar-refractivity contribution in [1.29, 1.82) is 0 Å². The van der Waals surface area contributed by atoms with Gasteiger partial charge in [-0.1, -0.05) is 24.3 Å². The minimum atomic E-state index is -0.480. The predicted octanol–water partition coefficient (Wildman–Crippen LogP) is 4.17. The zero-order valence-corrected chi connectivity index (χ0v) is 18.6. The smallest absolute Gasteiger partial charge is 0.250 e. The number of anilines is 2. The van der Waals surface area contributed by atoms with Crippen LogP contribution in [0.3, 0.4) is 0 Å². The number of nitrogens with zero attached hydrogens (tertiary/aromatic N) is 3. The molecule has 0 spiro atoms. The Bertz CT molecular complexity index is 1630. The highest BCUT2D eigenvalue weighted by atomic mass is 32.1. The molecule has 3 aromatic heterocycles. The van der Waals surface area contributed by atoms with Gasteiger partial charge in [0.15, 0.2) is 5.43 Å². The Balaban J connectivity index is 1.33. The molecule has 0 aliphatic carbocycles. The number of carbonyl (C=O) groups excluding carboxylic acids is 2. The molecule has 0 fully saturated rings. The average molecular weight is 471 g/mol. The number of hydrogen-bond acceptors (Lipinski definition) is 7. The molecule has 5 rings (SSSR count). The van der Waals surface area contributed by atoms with E-state index >= 15 is 0 Å². The van der Waals surface area contributed by atoms with Crippen molar-refractivity contribution in [2.24, 2.45) is 0 Å². The summed E-state index contributed by atoms with van der Waals surface area (Å²) >= 11 is 1.38. The van der Waals surface area contributed by atoms with Crippen LogP contribution in [0.25, 0.3) is 33.3 Å². The number of thiazole rings is 1. The van der Waals surface area contributed by atoms with Crippen LogP contribution in [-0.4, -0.2) is 26.4 Å². The largest absolute Gasteiger partial charge is 0.463 e. The highest BCUT2D eigenvalue weighted by Gasteiger charge is 2.13. The van der Waals surface area contributed by atoms with Gasteiger partial charge < -0.3 is 9.73 Å². The topological polar surface area (TPSA) is 119 Å². The van der Waals surface area contributed by atoms with Gasteiger partial charge >= 0.3 is 0 Å². The monoisotopic (exact) mass is 471 g/mol. The van der Waals surface area contributed by atoms with Crippen LogP contribution in [0.15, 0.2) is 75.5 Å². The van der Waals surface area contributed by atoms with Crippen molar-refractivity contribution in [3.05, 3.63) is 82.0 Å². The van der Waals surface area contributed by atoms with Gasteiger partial charge in [0.2, 0.25) is 10.9 Å². The van der Waals surface area contributed by atoms with Gasteiger partial charge in [0.05, 0.1) is 16.6 Å². The van der Waals surface area contributed by atoms with Gasteiger partial charge in [-0.3, -0.25) is 19.7 Å². The zero-order chi connectivity index (χ0) is 23.7. The highest BCUT2D eigenvalue weighted by molar-refractivity contribution is 7.15. The number of benzene rings is 2. The molecular formula is C24H17N5O4S. The Labute approximate surface area is 196 Å². The molecule has 0 radical (unpaired) electrons. The van der Waals surface area contributed by atoms with E-state index in [0.717, 1.165) is 11.3 Å². The normalized spacial score (nSPS) is 11.3. The first kappa shape index (κ1) is 21.3. The summed E-state index contributed by atoms with van der Waals surface area (Å²) in [5.74, 6) is -0.479. The van der Waals surface area contributed by atoms with E-state index in [2.05, 4.69) is 20.7 Å². The molecule has 0 saturated carbocycles. The lowest BCUT2D eigenvalue weighted by atomic mass is 10.1. The molecule has 10 heteroatoms. The van der Waals surface area contributed by atoms with Gasteiger partial charge in [-0.2, -0.15) is 4.98 Å². The molecule has 2 N–H and O–H groups in total. The number of nitrogens with one attached hydrogen (secondary N) is 2. The summed E-state index contributed by atoms with van der Waals surface area (Å²) < 4.78 is 7.09. The van der Waals surface area contributed by atoms with Crippen LogP contribution in [0, 0.1) is 0 Å². The summed E-state index contributed by atoms with van der Waals surface area (Å²) in [5.41, 5.74) is 2.90. The van der Waals surface area contributed by atoms with Crippen molar-refractivity contribution in [3.8, 4) is 11.3 Å². The molecule has 0 aliphatic rings. The summed E-state index contributed by atoms with van der Waals surface area (Å²) in [6, 6.07) is 14.2. The number of carbonyl (C=O) groups is 2. The molecule has 168 valence electrons. The Morgan fingerprint density at radius 3 is 2.68 bits per heavy atom. The van der Waals surface area contributed by atoms with Crippen molar-refractivity contribution in [1.82, 2.24) is 14.6 Å². The Kier molecular flexibility index (Phi) is 5.48. The van der Waals surface area contributed by atoms with Gasteiger partial charge in [0.1, 0.15) is 11.8 Å². The maximum atomic E-state index is 12.5. The predicted molar refractivity (Wildman–Crippen MR) is 131 cm³/mol. The second-order valence-electron chi connectivity index (χ2n) is 7.35. The first-order valence-electron chi connectivity index (χ1n) is 10.2. The molecule has 0 aliphatic heterocycles. The van der Waals surface area contributed by atoms with Gasteiger partial charge in [-0.05, 0) is 30.3 Å². The molecule has 5 aromatic rings. The fourth-order valence-corrected chi connectivity index (χ4v) is 4.22. The van der Waals surface area contributed by atoms with Crippen molar-refractivity contribution in [3.63, 3.8) is 0 Å². The van der Waals surface area contributed by atoms with E-state index in [9.17, 15) is 14.4 Å². The SMILES string of the molecule is CC(=O)Nc1ccc(-c2csc3nc(NC(=O)/C=C/c4coc5ccccc5c4=O)nn23)cc1. The number of para-hydroxylation sites is 1. The van der Waals surface area contributed by atoms with Crippen LogP contribution in [0.2, 0.25) is 0 Å². The second kappa shape index (κ2) is 8.75. The quantitative estimate of drug-likeness (QED) is 0.371. The minimum absolute atomic E-state index is 0.141. The Morgan fingerprint density at radius 1 is 1.09 bits per heavy atom. The summed E-state index contributed by atoms with van der Waals surface area (Å²) in [5, 5.41) is 12.1. The first-order chi connectivity index (χ1) is 16.5. The molecule has 2 amide bonds. The van der Waals surface area contributed by atoms with Crippen LogP contribution >= 0.6 is 11.3 Å². The average Bonchev–Trinajstić information content (AvgIpc) is 3.39. The minimum Gasteiger partial charge on any atom is -0.463 e. The summed E-state index contributed by atoms with van der Waals surface area (Å²) in [6.07, 6.45) is 3.95. The molecule has 0 saturated heterocycles. The highest BCUT2D eigenvalue weighted by Crippen LogP contribution is 2.27. The third-order valence-corrected chi connectivity index (χ3v) is 5.75. The zero-order valence-electron chi connectivity index (χ0n) is 17.8. The van der Waals surface area contributed by atoms with Crippen LogP contribution < -0.4 is 16.1 Å². The van der Waals surface area contributed by atoms with E-state index < -0.39 is 5.91 Å². The van der Waals surface area contributed by atoms with Gasteiger partial charge in [-0.25, -0.2) is 4.52 Å². The third-order valence-electron chi connectivity index (χ3n) is 4.94. The summed E-state index contributed by atoms with van der Waals surface area (Å²) in [4.78, 5) is 41.1. The van der Waals surface area contributed by atoms with E-state index in [1.165, 1.54) is 36.7 Å². The molecule has 34 heavy (non-hydrogen) atoms. The Morgan fingerprint density at radius 2 is 1.88 bits per heavy atom. The van der Waals surface area contributed by atoms with Crippen LogP contribution in [-0.2, 0) is 9.59 Å². The third kappa shape index (κ3) is 4.21. The fraction of sp³-hybridized carbons (Fsp3) is 0.0417. The molecule has 2 aromatic carbocycles. The maximum absolute atomic E-state index is 12.5. The molecule has 9 nitrogen and oxygen atoms in total. The van der Waals surface area contributed by atoms with Crippen molar-refractivity contribution in [2.75, 3.05) is 10.6 Å². The fourth-order valence-electron chi connectivity index (χ4n) is 3.39. The van der Waals surface area contributed by atoms with Crippen molar-refractivity contribution < 1.29 is 14.0 Å². The number of hydrogen-bond donors (Lipinski definition) is 2. The van der Waals surface area contributed by atoms with E-state index in [0.29, 0.717) is 21.6 Å². The van der Waals surface area contributed by atoms with Crippen molar-refractivity contribution in [2.45, 2.75) is 6.92 Å². The number of aromatic nitrogens is 3. The standard InChI is InChI=1S/C24H17N5O4S/c1-14(30)25-17-9-6-15(7-10-17)19-13-34-24-27-23(28-29(19)24)26-21(31)11-8-16-12-33-20-5-3-2-4-18(20)22(16)32/h2-13H,1H3,(H,25,30)(H,26,28,31)/b11-8+. The van der Waals surface area contributed by atoms with Crippen molar-refractivity contribution >= 4 is 56.8 Å². The number of amides is 2. The van der Waals surface area contributed by atoms with E-state index in [4.69, 9.17) is 4.42 Å². The molecule has 0 atom stereocenters. The van der Waals surface area contributed by atoms with Gasteiger partial charge in [0.25, 0.3) is 11.9 Å². The maximum Gasteiger partial charge on any atom is 0.250 e. The van der Waals surface area contributed by atoms with Crippen LogP contribution in [0.4, 0.5) is 11.6 Å². The second-order valence-corrected chi connectivity index (χ2v) is 8.18. The Hall–Kier alpha value is -4.57. The summed E-state index contributed by atoms with van der Waals surface area (Å²) in [7, 11) is 0. The number of fused-ring (bicyclic) bond motifs is 2. The summed E-state index contributed by atoms with van der Waals surface area (Å²) in [6.45, 7) is 1.45. The van der Waals surface area contributed by atoms with E-state index in [1.54, 1.807) is 40.9 Å². The lowest BCUT2D eigenvalue weighted by Crippen LogP contribution is -2.10. The molecule has 3 heterocycles. The van der Waals surface area contributed by atoms with E-state index in [1.807, 2.05) is 17.5 Å². The lowest BCUT2D eigenvalue weighted by Gasteiger charge is -2.03. The van der Waals surface area contributed by atoms with Crippen LogP contribution in [0.1, 0.15) is 12.5 Å². The number of rotatable bonds is 5. The van der Waals surface area contributed by atoms with Crippen LogP contribution in [0.5, 0.6) is 0 Å². The molecule has 0 bridgehead atoms. The first-order valence-corrected chi connectivity index (χ1v) is 11.1. The lowest BCUT2D eigenvalue weighted by molar-refractivity contribution is -0.114. The molecule has 0 unspecified atom stereocenters. The van der Waals surface area contributed by atoms with Gasteiger partial charge in [-0.15, -0.1) is 16.4 Å². The van der Waals surface area contributed by atoms with Gasteiger partial charge in [0, 0.05) is 29.6 Å². The molecular weight excluding hydrogens is 454 g/mol.